The molecule has 15 heavy (non-hydrogen) atoms. The first-order valence-corrected chi connectivity index (χ1v) is 6.74. The molecule has 1 fully saturated rings. The molecule has 0 amide bonds. The van der Waals surface area contributed by atoms with Crippen LogP contribution in [-0.4, -0.2) is 11.7 Å². The molecule has 1 heterocycles. The van der Waals surface area contributed by atoms with Crippen LogP contribution in [0.15, 0.2) is 0 Å². The molecule has 1 rings (SSSR count). The lowest BCUT2D eigenvalue weighted by molar-refractivity contribution is 0.312. The van der Waals surface area contributed by atoms with Crippen LogP contribution in [0.5, 0.6) is 0 Å². The van der Waals surface area contributed by atoms with Crippen molar-refractivity contribution in [3.8, 4) is 0 Å². The average molecular weight is 212 g/mol. The summed E-state index contributed by atoms with van der Waals surface area (Å²) >= 11 is 0. The van der Waals surface area contributed by atoms with Gasteiger partial charge in [0.05, 0.1) is 11.7 Å². The van der Waals surface area contributed by atoms with Gasteiger partial charge in [0.1, 0.15) is 0 Å². The molecular weight excluding hydrogens is 184 g/mol. The van der Waals surface area contributed by atoms with Gasteiger partial charge in [-0.15, -0.1) is 0 Å². The Morgan fingerprint density at radius 1 is 1.13 bits per heavy atom. The molecule has 1 saturated heterocycles. The number of hydrogen-bond acceptors (Lipinski definition) is 1. The van der Waals surface area contributed by atoms with E-state index in [0.717, 1.165) is 5.92 Å². The monoisotopic (exact) mass is 212 g/mol. The number of unbranched alkanes of at least 4 members (excludes halogenated alkanes) is 3. The molecule has 90 valence electrons. The molecule has 0 spiro atoms. The summed E-state index contributed by atoms with van der Waals surface area (Å²) in [5.74, 6) is 0.891. The minimum Gasteiger partial charge on any atom is -0.367 e. The van der Waals surface area contributed by atoms with Crippen LogP contribution in [-0.2, 0) is 4.74 Å². The van der Waals surface area contributed by atoms with Crippen molar-refractivity contribution in [3.05, 3.63) is 0 Å². The van der Waals surface area contributed by atoms with Crippen LogP contribution in [0.2, 0.25) is 0 Å². The minimum absolute atomic E-state index is 0.196. The van der Waals surface area contributed by atoms with E-state index in [1.807, 2.05) is 0 Å². The van der Waals surface area contributed by atoms with Gasteiger partial charge < -0.3 is 4.74 Å². The van der Waals surface area contributed by atoms with E-state index in [9.17, 15) is 0 Å². The molecule has 0 N–H and O–H groups in total. The van der Waals surface area contributed by atoms with Crippen molar-refractivity contribution in [2.75, 3.05) is 0 Å². The lowest BCUT2D eigenvalue weighted by Crippen LogP contribution is -2.05. The Morgan fingerprint density at radius 3 is 2.33 bits per heavy atom. The summed E-state index contributed by atoms with van der Waals surface area (Å²) in [6, 6.07) is 0. The van der Waals surface area contributed by atoms with E-state index in [0.29, 0.717) is 6.10 Å². The second kappa shape index (κ2) is 5.89. The Hall–Kier alpha value is -0.0400. The first kappa shape index (κ1) is 13.0. The number of hydrogen-bond donors (Lipinski definition) is 0. The molecule has 0 radical (unpaired) electrons. The predicted octanol–water partition coefficient (Wildman–Crippen LogP) is 4.55. The van der Waals surface area contributed by atoms with Gasteiger partial charge in [0, 0.05) is 0 Å². The van der Waals surface area contributed by atoms with Crippen LogP contribution in [0.4, 0.5) is 0 Å². The molecule has 0 saturated carbocycles. The maximum atomic E-state index is 5.60. The van der Waals surface area contributed by atoms with Crippen molar-refractivity contribution >= 4 is 0 Å². The Labute approximate surface area is 95.6 Å². The van der Waals surface area contributed by atoms with Crippen LogP contribution in [0.1, 0.15) is 72.6 Å². The lowest BCUT2D eigenvalue weighted by atomic mass is 9.95. The molecular formula is C14H28O. The highest BCUT2D eigenvalue weighted by atomic mass is 16.6. The van der Waals surface area contributed by atoms with Crippen molar-refractivity contribution in [1.82, 2.24) is 0 Å². The van der Waals surface area contributed by atoms with E-state index >= 15 is 0 Å². The van der Waals surface area contributed by atoms with Gasteiger partial charge in [-0.2, -0.15) is 0 Å². The maximum absolute atomic E-state index is 5.60. The van der Waals surface area contributed by atoms with Gasteiger partial charge in [-0.05, 0) is 32.6 Å². The molecule has 0 aromatic heterocycles. The quantitative estimate of drug-likeness (QED) is 0.425. The first-order valence-electron chi connectivity index (χ1n) is 6.74. The van der Waals surface area contributed by atoms with Gasteiger partial charge in [0.15, 0.2) is 0 Å². The van der Waals surface area contributed by atoms with Gasteiger partial charge in [-0.3, -0.25) is 0 Å². The van der Waals surface area contributed by atoms with E-state index in [-0.39, 0.29) is 5.60 Å². The summed E-state index contributed by atoms with van der Waals surface area (Å²) in [5, 5.41) is 0. The van der Waals surface area contributed by atoms with Crippen molar-refractivity contribution in [2.45, 2.75) is 84.3 Å². The molecule has 0 aromatic rings. The zero-order valence-corrected chi connectivity index (χ0v) is 11.0. The third-order valence-electron chi connectivity index (χ3n) is 3.64. The second-order valence-electron chi connectivity index (χ2n) is 5.74. The minimum atomic E-state index is 0.196. The fourth-order valence-electron chi connectivity index (χ4n) is 2.24. The van der Waals surface area contributed by atoms with Gasteiger partial charge >= 0.3 is 0 Å². The molecule has 1 aliphatic heterocycles. The third-order valence-corrected chi connectivity index (χ3v) is 3.64. The third kappa shape index (κ3) is 5.01. The van der Waals surface area contributed by atoms with Crippen LogP contribution in [0.3, 0.4) is 0 Å². The molecule has 1 nitrogen and oxygen atoms in total. The maximum Gasteiger partial charge on any atom is 0.0892 e. The van der Waals surface area contributed by atoms with Crippen LogP contribution >= 0.6 is 0 Å². The number of ether oxygens (including phenoxy) is 1. The van der Waals surface area contributed by atoms with Gasteiger partial charge in [0.2, 0.25) is 0 Å². The first-order chi connectivity index (χ1) is 7.06. The summed E-state index contributed by atoms with van der Waals surface area (Å²) in [5.41, 5.74) is 0.196. The SMILES string of the molecule is CCCCCC[C@@H](C)CCC1OC1(C)C. The van der Waals surface area contributed by atoms with Gasteiger partial charge in [0.25, 0.3) is 0 Å². The Kier molecular flexibility index (Phi) is 5.11. The fourth-order valence-corrected chi connectivity index (χ4v) is 2.24. The largest absolute Gasteiger partial charge is 0.367 e. The molecule has 1 heteroatoms. The number of rotatable bonds is 8. The average Bonchev–Trinajstić information content (AvgIpc) is 2.78. The smallest absolute Gasteiger partial charge is 0.0892 e. The summed E-state index contributed by atoms with van der Waals surface area (Å²) in [7, 11) is 0. The van der Waals surface area contributed by atoms with E-state index in [2.05, 4.69) is 27.7 Å². The van der Waals surface area contributed by atoms with Crippen LogP contribution in [0.25, 0.3) is 0 Å². The van der Waals surface area contributed by atoms with Gasteiger partial charge in [-0.1, -0.05) is 46.0 Å². The topological polar surface area (TPSA) is 12.5 Å². The van der Waals surface area contributed by atoms with E-state index in [4.69, 9.17) is 4.74 Å². The molecule has 2 atom stereocenters. The molecule has 1 aliphatic rings. The molecule has 0 bridgehead atoms. The molecule has 1 unspecified atom stereocenters. The summed E-state index contributed by atoms with van der Waals surface area (Å²) in [6.07, 6.45) is 10.2. The zero-order chi connectivity index (χ0) is 11.3. The Morgan fingerprint density at radius 2 is 1.80 bits per heavy atom. The van der Waals surface area contributed by atoms with E-state index < -0.39 is 0 Å². The lowest BCUT2D eigenvalue weighted by Gasteiger charge is -2.10. The highest BCUT2D eigenvalue weighted by Crippen LogP contribution is 2.39. The van der Waals surface area contributed by atoms with Crippen molar-refractivity contribution < 1.29 is 4.74 Å². The van der Waals surface area contributed by atoms with Crippen LogP contribution < -0.4 is 0 Å². The Balaban J connectivity index is 1.92. The van der Waals surface area contributed by atoms with E-state index in [1.165, 1.54) is 44.9 Å². The van der Waals surface area contributed by atoms with Gasteiger partial charge in [-0.25, -0.2) is 0 Å². The number of epoxide rings is 1. The van der Waals surface area contributed by atoms with Crippen LogP contribution in [0, 0.1) is 5.92 Å². The predicted molar refractivity (Wildman–Crippen MR) is 66.1 cm³/mol. The van der Waals surface area contributed by atoms with E-state index in [1.54, 1.807) is 0 Å². The molecule has 0 aromatic carbocycles. The fraction of sp³-hybridized carbons (Fsp3) is 1.00. The molecule has 0 aliphatic carbocycles. The zero-order valence-electron chi connectivity index (χ0n) is 11.0. The van der Waals surface area contributed by atoms with Crippen molar-refractivity contribution in [1.29, 1.82) is 0 Å². The summed E-state index contributed by atoms with van der Waals surface area (Å²) in [4.78, 5) is 0. The van der Waals surface area contributed by atoms with Crippen molar-refractivity contribution in [2.24, 2.45) is 5.92 Å². The highest BCUT2D eigenvalue weighted by Gasteiger charge is 2.46. The standard InChI is InChI=1S/C14H28O/c1-5-6-7-8-9-12(2)10-11-13-14(3,4)15-13/h12-13H,5-11H2,1-4H3/t12-,13?/m1/s1. The summed E-state index contributed by atoms with van der Waals surface area (Å²) < 4.78 is 5.60. The normalized spacial score (nSPS) is 25.2. The Bertz CT molecular complexity index is 174. The van der Waals surface area contributed by atoms with Crippen molar-refractivity contribution in [3.63, 3.8) is 0 Å². The summed E-state index contributed by atoms with van der Waals surface area (Å²) in [6.45, 7) is 9.06. The second-order valence-corrected chi connectivity index (χ2v) is 5.74. The highest BCUT2D eigenvalue weighted by molar-refractivity contribution is 4.94.